The first-order chi connectivity index (χ1) is 9.97. The van der Waals surface area contributed by atoms with E-state index in [1.807, 2.05) is 43.3 Å². The van der Waals surface area contributed by atoms with Gasteiger partial charge >= 0.3 is 0 Å². The molecule has 0 aromatic heterocycles. The first-order valence-corrected chi connectivity index (χ1v) is 7.64. The molecule has 1 amide bonds. The highest BCUT2D eigenvalue weighted by molar-refractivity contribution is 9.10. The number of carbonyl (C=O) groups excluding carboxylic acids is 1. The van der Waals surface area contributed by atoms with Crippen molar-refractivity contribution in [2.75, 3.05) is 19.0 Å². The summed E-state index contributed by atoms with van der Waals surface area (Å²) in [7, 11) is 3.99. The van der Waals surface area contributed by atoms with Gasteiger partial charge in [-0.1, -0.05) is 23.7 Å². The number of anilines is 1. The van der Waals surface area contributed by atoms with Crippen molar-refractivity contribution >= 4 is 39.1 Å². The average Bonchev–Trinajstić information content (AvgIpc) is 2.48. The molecule has 2 rings (SSSR count). The predicted octanol–water partition coefficient (Wildman–Crippen LogP) is 4.10. The lowest BCUT2D eigenvalue weighted by Gasteiger charge is -2.13. The second kappa shape index (κ2) is 6.96. The molecule has 0 saturated heterocycles. The van der Waals surface area contributed by atoms with Crippen LogP contribution < -0.4 is 10.2 Å². The zero-order chi connectivity index (χ0) is 15.4. The lowest BCUT2D eigenvalue weighted by atomic mass is 10.1. The van der Waals surface area contributed by atoms with Crippen LogP contribution >= 0.6 is 27.5 Å². The molecule has 0 aliphatic carbocycles. The van der Waals surface area contributed by atoms with Gasteiger partial charge in [0.25, 0.3) is 5.91 Å². The van der Waals surface area contributed by atoms with Gasteiger partial charge in [-0.05, 0) is 51.8 Å². The van der Waals surface area contributed by atoms with Gasteiger partial charge in [0.1, 0.15) is 0 Å². The molecular formula is C16H16BrClN2O. The SMILES string of the molecule is CN(C)c1ccc(CNC(=O)c2ccc(Br)c(Cl)c2)cc1. The number of benzene rings is 2. The van der Waals surface area contributed by atoms with Crippen LogP contribution in [0.15, 0.2) is 46.9 Å². The van der Waals surface area contributed by atoms with Crippen LogP contribution in [0.2, 0.25) is 5.02 Å². The minimum absolute atomic E-state index is 0.138. The van der Waals surface area contributed by atoms with Gasteiger partial charge in [-0.25, -0.2) is 0 Å². The lowest BCUT2D eigenvalue weighted by Crippen LogP contribution is -2.22. The van der Waals surface area contributed by atoms with Crippen molar-refractivity contribution < 1.29 is 4.79 Å². The fraction of sp³-hybridized carbons (Fsp3) is 0.188. The van der Waals surface area contributed by atoms with Crippen molar-refractivity contribution in [3.63, 3.8) is 0 Å². The maximum absolute atomic E-state index is 12.1. The number of amides is 1. The standard InChI is InChI=1S/C16H16BrClN2O/c1-20(2)13-6-3-11(4-7-13)10-19-16(21)12-5-8-14(17)15(18)9-12/h3-9H,10H2,1-2H3,(H,19,21). The Morgan fingerprint density at radius 3 is 2.43 bits per heavy atom. The molecule has 0 aliphatic heterocycles. The summed E-state index contributed by atoms with van der Waals surface area (Å²) in [5.74, 6) is -0.138. The maximum Gasteiger partial charge on any atom is 0.251 e. The van der Waals surface area contributed by atoms with Gasteiger partial charge in [0.05, 0.1) is 5.02 Å². The van der Waals surface area contributed by atoms with Crippen LogP contribution in [0.25, 0.3) is 0 Å². The highest BCUT2D eigenvalue weighted by Crippen LogP contribution is 2.23. The van der Waals surface area contributed by atoms with Gasteiger partial charge in [-0.2, -0.15) is 0 Å². The fourth-order valence-electron chi connectivity index (χ4n) is 1.83. The van der Waals surface area contributed by atoms with E-state index in [9.17, 15) is 4.79 Å². The Kier molecular flexibility index (Phi) is 5.26. The molecule has 0 fully saturated rings. The Balaban J connectivity index is 1.98. The summed E-state index contributed by atoms with van der Waals surface area (Å²) in [4.78, 5) is 14.1. The zero-order valence-electron chi connectivity index (χ0n) is 11.9. The summed E-state index contributed by atoms with van der Waals surface area (Å²) in [6, 6.07) is 13.2. The van der Waals surface area contributed by atoms with Crippen molar-refractivity contribution in [1.29, 1.82) is 0 Å². The van der Waals surface area contributed by atoms with E-state index < -0.39 is 0 Å². The van der Waals surface area contributed by atoms with E-state index in [4.69, 9.17) is 11.6 Å². The normalized spacial score (nSPS) is 10.3. The highest BCUT2D eigenvalue weighted by atomic mass is 79.9. The summed E-state index contributed by atoms with van der Waals surface area (Å²) in [6.45, 7) is 0.486. The van der Waals surface area contributed by atoms with Gasteiger partial charge in [-0.3, -0.25) is 4.79 Å². The largest absolute Gasteiger partial charge is 0.378 e. The second-order valence-electron chi connectivity index (χ2n) is 4.87. The number of halogens is 2. The van der Waals surface area contributed by atoms with Crippen molar-refractivity contribution in [3.05, 3.63) is 63.1 Å². The Morgan fingerprint density at radius 1 is 1.19 bits per heavy atom. The van der Waals surface area contributed by atoms with Gasteiger partial charge in [0, 0.05) is 36.4 Å². The molecule has 2 aromatic carbocycles. The quantitative estimate of drug-likeness (QED) is 0.882. The molecule has 0 bridgehead atoms. The van der Waals surface area contributed by atoms with E-state index in [-0.39, 0.29) is 5.91 Å². The molecule has 0 heterocycles. The molecular weight excluding hydrogens is 352 g/mol. The fourth-order valence-corrected chi connectivity index (χ4v) is 2.26. The topological polar surface area (TPSA) is 32.3 Å². The molecule has 5 heteroatoms. The molecule has 2 aromatic rings. The number of hydrogen-bond donors (Lipinski definition) is 1. The highest BCUT2D eigenvalue weighted by Gasteiger charge is 2.07. The van der Waals surface area contributed by atoms with Gasteiger partial charge < -0.3 is 10.2 Å². The van der Waals surface area contributed by atoms with Crippen LogP contribution in [0.1, 0.15) is 15.9 Å². The molecule has 0 aliphatic rings. The number of nitrogens with zero attached hydrogens (tertiary/aromatic N) is 1. The van der Waals surface area contributed by atoms with E-state index in [0.29, 0.717) is 17.1 Å². The van der Waals surface area contributed by atoms with Crippen LogP contribution in [0.4, 0.5) is 5.69 Å². The Hall–Kier alpha value is -1.52. The number of rotatable bonds is 4. The summed E-state index contributed by atoms with van der Waals surface area (Å²) in [5.41, 5.74) is 2.73. The molecule has 0 unspecified atom stereocenters. The Morgan fingerprint density at radius 2 is 1.86 bits per heavy atom. The molecule has 1 N–H and O–H groups in total. The van der Waals surface area contributed by atoms with Crippen LogP contribution in [-0.2, 0) is 6.54 Å². The van der Waals surface area contributed by atoms with Gasteiger partial charge in [-0.15, -0.1) is 0 Å². The van der Waals surface area contributed by atoms with E-state index in [1.54, 1.807) is 18.2 Å². The minimum atomic E-state index is -0.138. The van der Waals surface area contributed by atoms with Crippen LogP contribution in [0.5, 0.6) is 0 Å². The first-order valence-electron chi connectivity index (χ1n) is 6.47. The lowest BCUT2D eigenvalue weighted by molar-refractivity contribution is 0.0951. The van der Waals surface area contributed by atoms with Crippen LogP contribution in [0.3, 0.4) is 0 Å². The molecule has 0 saturated carbocycles. The predicted molar refractivity (Wildman–Crippen MR) is 91.1 cm³/mol. The van der Waals surface area contributed by atoms with Crippen LogP contribution in [0, 0.1) is 0 Å². The number of carbonyl (C=O) groups is 1. The van der Waals surface area contributed by atoms with E-state index in [2.05, 4.69) is 21.2 Å². The van der Waals surface area contributed by atoms with E-state index in [1.165, 1.54) is 0 Å². The van der Waals surface area contributed by atoms with E-state index >= 15 is 0 Å². The third kappa shape index (κ3) is 4.22. The minimum Gasteiger partial charge on any atom is -0.378 e. The first kappa shape index (κ1) is 15.9. The molecule has 0 spiro atoms. The third-order valence-corrected chi connectivity index (χ3v) is 4.32. The van der Waals surface area contributed by atoms with Crippen molar-refractivity contribution in [2.45, 2.75) is 6.54 Å². The molecule has 3 nitrogen and oxygen atoms in total. The third-order valence-electron chi connectivity index (χ3n) is 3.09. The smallest absolute Gasteiger partial charge is 0.251 e. The maximum atomic E-state index is 12.1. The summed E-state index contributed by atoms with van der Waals surface area (Å²) in [5, 5.41) is 3.41. The second-order valence-corrected chi connectivity index (χ2v) is 6.13. The van der Waals surface area contributed by atoms with Gasteiger partial charge in [0.2, 0.25) is 0 Å². The summed E-state index contributed by atoms with van der Waals surface area (Å²) < 4.78 is 0.778. The average molecular weight is 368 g/mol. The summed E-state index contributed by atoms with van der Waals surface area (Å²) >= 11 is 9.30. The van der Waals surface area contributed by atoms with Crippen molar-refractivity contribution in [3.8, 4) is 0 Å². The number of hydrogen-bond acceptors (Lipinski definition) is 2. The molecule has 0 atom stereocenters. The molecule has 110 valence electrons. The Labute approximate surface area is 138 Å². The summed E-state index contributed by atoms with van der Waals surface area (Å²) in [6.07, 6.45) is 0. The Bertz CT molecular complexity index is 641. The number of nitrogens with one attached hydrogen (secondary N) is 1. The molecule has 21 heavy (non-hydrogen) atoms. The molecule has 0 radical (unpaired) electrons. The monoisotopic (exact) mass is 366 g/mol. The van der Waals surface area contributed by atoms with Crippen molar-refractivity contribution in [1.82, 2.24) is 5.32 Å². The zero-order valence-corrected chi connectivity index (χ0v) is 14.2. The van der Waals surface area contributed by atoms with Crippen LogP contribution in [-0.4, -0.2) is 20.0 Å². The van der Waals surface area contributed by atoms with Gasteiger partial charge in [0.15, 0.2) is 0 Å². The van der Waals surface area contributed by atoms with E-state index in [0.717, 1.165) is 15.7 Å². The van der Waals surface area contributed by atoms with Crippen molar-refractivity contribution in [2.24, 2.45) is 0 Å².